The predicted octanol–water partition coefficient (Wildman–Crippen LogP) is 1.50. The fraction of sp³-hybridized carbons (Fsp3) is 0.250. The molecule has 0 saturated carbocycles. The maximum Gasteiger partial charge on any atom is 0.254 e. The van der Waals surface area contributed by atoms with Gasteiger partial charge in [0, 0.05) is 31.7 Å². The zero-order valence-corrected chi connectivity index (χ0v) is 15.8. The van der Waals surface area contributed by atoms with Gasteiger partial charge in [0.05, 0.1) is 23.3 Å². The molecule has 9 heteroatoms. The quantitative estimate of drug-likeness (QED) is 0.569. The highest BCUT2D eigenvalue weighted by molar-refractivity contribution is 5.94. The molecule has 1 fully saturated rings. The highest BCUT2D eigenvalue weighted by atomic mass is 16.2. The number of rotatable bonds is 4. The number of nitrogens with one attached hydrogen (secondary N) is 1. The van der Waals surface area contributed by atoms with E-state index < -0.39 is 0 Å². The molecule has 1 saturated heterocycles. The number of tetrazole rings is 1. The van der Waals surface area contributed by atoms with Crippen LogP contribution < -0.4 is 0 Å². The lowest BCUT2D eigenvalue weighted by Gasteiger charge is -2.34. The molecule has 9 nitrogen and oxygen atoms in total. The van der Waals surface area contributed by atoms with E-state index in [0.29, 0.717) is 18.7 Å². The second-order valence-corrected chi connectivity index (χ2v) is 7.07. The Hall–Kier alpha value is -3.59. The molecule has 0 bridgehead atoms. The second-order valence-electron chi connectivity index (χ2n) is 7.07. The van der Waals surface area contributed by atoms with Crippen molar-refractivity contribution in [2.45, 2.75) is 6.54 Å². The van der Waals surface area contributed by atoms with Gasteiger partial charge in [-0.15, -0.1) is 5.10 Å². The first-order valence-electron chi connectivity index (χ1n) is 9.55. The maximum absolute atomic E-state index is 12.9. The molecule has 0 unspecified atom stereocenters. The zero-order chi connectivity index (χ0) is 19.6. The van der Waals surface area contributed by atoms with E-state index in [2.05, 4.69) is 30.4 Å². The summed E-state index contributed by atoms with van der Waals surface area (Å²) in [5.74, 6) is 0.989. The number of carbonyl (C=O) groups is 1. The van der Waals surface area contributed by atoms with E-state index in [-0.39, 0.29) is 5.91 Å². The maximum atomic E-state index is 12.9. The van der Waals surface area contributed by atoms with Crippen molar-refractivity contribution < 1.29 is 4.79 Å². The lowest BCUT2D eigenvalue weighted by atomic mass is 10.1. The number of nitrogens with zero attached hydrogens (tertiary/aromatic N) is 7. The van der Waals surface area contributed by atoms with Crippen LogP contribution in [0.5, 0.6) is 0 Å². The number of piperazine rings is 1. The van der Waals surface area contributed by atoms with Crippen LogP contribution in [-0.4, -0.2) is 72.1 Å². The molecule has 0 radical (unpaired) electrons. The largest absolute Gasteiger partial charge is 0.341 e. The molecule has 29 heavy (non-hydrogen) atoms. The van der Waals surface area contributed by atoms with Gasteiger partial charge in [-0.1, -0.05) is 18.2 Å². The van der Waals surface area contributed by atoms with Crippen LogP contribution in [0.15, 0.2) is 54.9 Å². The number of aromatic amines is 1. The van der Waals surface area contributed by atoms with E-state index in [1.807, 2.05) is 53.4 Å². The summed E-state index contributed by atoms with van der Waals surface area (Å²) in [4.78, 5) is 25.2. The third-order valence-electron chi connectivity index (χ3n) is 5.18. The van der Waals surface area contributed by atoms with Gasteiger partial charge in [0.15, 0.2) is 0 Å². The van der Waals surface area contributed by atoms with Gasteiger partial charge in [-0.05, 0) is 40.8 Å². The van der Waals surface area contributed by atoms with E-state index in [1.165, 1.54) is 6.33 Å². The minimum Gasteiger partial charge on any atom is -0.341 e. The summed E-state index contributed by atoms with van der Waals surface area (Å²) >= 11 is 0. The second kappa shape index (κ2) is 7.44. The van der Waals surface area contributed by atoms with Crippen molar-refractivity contribution in [3.8, 4) is 5.69 Å². The van der Waals surface area contributed by atoms with Gasteiger partial charge in [0.1, 0.15) is 12.2 Å². The van der Waals surface area contributed by atoms with E-state index in [4.69, 9.17) is 0 Å². The third kappa shape index (κ3) is 3.59. The average molecular weight is 388 g/mol. The molecule has 5 rings (SSSR count). The van der Waals surface area contributed by atoms with Gasteiger partial charge in [0.25, 0.3) is 5.91 Å². The first-order chi connectivity index (χ1) is 14.3. The molecule has 2 aromatic heterocycles. The van der Waals surface area contributed by atoms with Gasteiger partial charge in [-0.2, -0.15) is 0 Å². The van der Waals surface area contributed by atoms with Gasteiger partial charge >= 0.3 is 0 Å². The molecule has 4 aromatic rings. The summed E-state index contributed by atoms with van der Waals surface area (Å²) in [6.45, 7) is 3.76. The number of imidazole rings is 1. The minimum absolute atomic E-state index is 0.0308. The smallest absolute Gasteiger partial charge is 0.254 e. The minimum atomic E-state index is 0.0308. The molecule has 0 spiro atoms. The Bertz CT molecular complexity index is 1100. The lowest BCUT2D eigenvalue weighted by Crippen LogP contribution is -2.48. The predicted molar refractivity (Wildman–Crippen MR) is 106 cm³/mol. The lowest BCUT2D eigenvalue weighted by molar-refractivity contribution is 0.0626. The number of para-hydroxylation sites is 2. The highest BCUT2D eigenvalue weighted by Crippen LogP contribution is 2.15. The van der Waals surface area contributed by atoms with E-state index >= 15 is 0 Å². The summed E-state index contributed by atoms with van der Waals surface area (Å²) in [7, 11) is 0. The van der Waals surface area contributed by atoms with Crippen molar-refractivity contribution in [1.29, 1.82) is 0 Å². The Morgan fingerprint density at radius 3 is 2.69 bits per heavy atom. The molecule has 0 aliphatic carbocycles. The molecule has 0 atom stereocenters. The topological polar surface area (TPSA) is 95.8 Å². The van der Waals surface area contributed by atoms with Crippen LogP contribution in [0.2, 0.25) is 0 Å². The van der Waals surface area contributed by atoms with Crippen LogP contribution in [0.1, 0.15) is 16.2 Å². The molecule has 1 aliphatic heterocycles. The molecule has 1 amide bonds. The third-order valence-corrected chi connectivity index (χ3v) is 5.18. The Kier molecular flexibility index (Phi) is 4.49. The standard InChI is InChI=1S/C20H20N8O/c29-20(15-4-3-5-16(12-15)28-14-21-24-25-28)27-10-8-26(9-11-27)13-19-22-17-6-1-2-7-18(17)23-19/h1-7,12,14H,8-11,13H2,(H,22,23). The van der Waals surface area contributed by atoms with Crippen LogP contribution in [-0.2, 0) is 6.54 Å². The van der Waals surface area contributed by atoms with Gasteiger partial charge < -0.3 is 9.88 Å². The summed E-state index contributed by atoms with van der Waals surface area (Å²) in [6, 6.07) is 15.4. The van der Waals surface area contributed by atoms with Gasteiger partial charge in [-0.3, -0.25) is 9.69 Å². The van der Waals surface area contributed by atoms with E-state index in [1.54, 1.807) is 4.68 Å². The first kappa shape index (κ1) is 17.5. The Morgan fingerprint density at radius 2 is 1.90 bits per heavy atom. The van der Waals surface area contributed by atoms with E-state index in [9.17, 15) is 4.79 Å². The van der Waals surface area contributed by atoms with Crippen LogP contribution in [0.25, 0.3) is 16.7 Å². The van der Waals surface area contributed by atoms with Crippen molar-refractivity contribution in [1.82, 2.24) is 40.0 Å². The molecule has 146 valence electrons. The molecule has 1 N–H and O–H groups in total. The number of hydrogen-bond donors (Lipinski definition) is 1. The summed E-state index contributed by atoms with van der Waals surface area (Å²) < 4.78 is 1.54. The fourth-order valence-electron chi connectivity index (χ4n) is 3.65. The SMILES string of the molecule is O=C(c1cccc(-n2cnnn2)c1)N1CCN(Cc2nc3ccccc3[nH]2)CC1. The summed E-state index contributed by atoms with van der Waals surface area (Å²) in [5.41, 5.74) is 3.45. The number of amides is 1. The average Bonchev–Trinajstić information content (AvgIpc) is 3.43. The molecular formula is C20H20N8O. The normalized spacial score (nSPS) is 15.1. The van der Waals surface area contributed by atoms with Crippen LogP contribution in [0.3, 0.4) is 0 Å². The first-order valence-corrected chi connectivity index (χ1v) is 9.55. The summed E-state index contributed by atoms with van der Waals surface area (Å²) in [5, 5.41) is 11.2. The number of hydrogen-bond acceptors (Lipinski definition) is 6. The number of aromatic nitrogens is 6. The monoisotopic (exact) mass is 388 g/mol. The van der Waals surface area contributed by atoms with Crippen molar-refractivity contribution in [3.63, 3.8) is 0 Å². The molecule has 2 aromatic carbocycles. The van der Waals surface area contributed by atoms with E-state index in [0.717, 1.165) is 42.2 Å². The fourth-order valence-corrected chi connectivity index (χ4v) is 3.65. The van der Waals surface area contributed by atoms with Crippen molar-refractivity contribution in [2.75, 3.05) is 26.2 Å². The Morgan fingerprint density at radius 1 is 1.03 bits per heavy atom. The van der Waals surface area contributed by atoms with Crippen molar-refractivity contribution in [3.05, 3.63) is 66.2 Å². The molecule has 3 heterocycles. The molecular weight excluding hydrogens is 368 g/mol. The van der Waals surface area contributed by atoms with Crippen molar-refractivity contribution >= 4 is 16.9 Å². The van der Waals surface area contributed by atoms with Gasteiger partial charge in [0.2, 0.25) is 0 Å². The van der Waals surface area contributed by atoms with Crippen LogP contribution in [0, 0.1) is 0 Å². The van der Waals surface area contributed by atoms with Gasteiger partial charge in [-0.25, -0.2) is 9.67 Å². The number of carbonyl (C=O) groups excluding carboxylic acids is 1. The molecule has 1 aliphatic rings. The van der Waals surface area contributed by atoms with Crippen LogP contribution in [0.4, 0.5) is 0 Å². The highest BCUT2D eigenvalue weighted by Gasteiger charge is 2.23. The van der Waals surface area contributed by atoms with Crippen LogP contribution >= 0.6 is 0 Å². The zero-order valence-electron chi connectivity index (χ0n) is 15.8. The number of fused-ring (bicyclic) bond motifs is 1. The number of benzene rings is 2. The Balaban J connectivity index is 1.22. The Labute approximate surface area is 167 Å². The summed E-state index contributed by atoms with van der Waals surface area (Å²) in [6.07, 6.45) is 1.51. The number of H-pyrrole nitrogens is 1. The van der Waals surface area contributed by atoms with Crippen molar-refractivity contribution in [2.24, 2.45) is 0 Å².